The van der Waals surface area contributed by atoms with Gasteiger partial charge >= 0.3 is 0 Å². The summed E-state index contributed by atoms with van der Waals surface area (Å²) in [6.07, 6.45) is 2.25. The molecule has 0 radical (unpaired) electrons. The predicted octanol–water partition coefficient (Wildman–Crippen LogP) is 3.69. The summed E-state index contributed by atoms with van der Waals surface area (Å²) in [7, 11) is 1.69. The van der Waals surface area contributed by atoms with Crippen LogP contribution in [0.4, 0.5) is 0 Å². The summed E-state index contributed by atoms with van der Waals surface area (Å²) in [5.41, 5.74) is 4.80. The van der Waals surface area contributed by atoms with Crippen LogP contribution in [0, 0.1) is 0 Å². The number of hydrogen-bond acceptors (Lipinski definition) is 2. The van der Waals surface area contributed by atoms with Gasteiger partial charge in [0, 0.05) is 29.6 Å². The number of fused-ring (bicyclic) bond motifs is 3. The number of carbonyl (C=O) groups is 1. The fourth-order valence-corrected chi connectivity index (χ4v) is 3.61. The Bertz CT molecular complexity index is 899. The Kier molecular flexibility index (Phi) is 4.18. The molecular formula is C21H22N2O2. The number of rotatable bonds is 4. The molecule has 4 rings (SSSR count). The van der Waals surface area contributed by atoms with Crippen molar-refractivity contribution < 1.29 is 9.53 Å². The highest BCUT2D eigenvalue weighted by molar-refractivity contribution is 5.87. The molecule has 4 heteroatoms. The zero-order chi connectivity index (χ0) is 17.2. The minimum Gasteiger partial charge on any atom is -0.497 e. The van der Waals surface area contributed by atoms with Crippen LogP contribution in [0.2, 0.25) is 0 Å². The molecule has 0 bridgehead atoms. The summed E-state index contributed by atoms with van der Waals surface area (Å²) < 4.78 is 5.34. The van der Waals surface area contributed by atoms with E-state index in [-0.39, 0.29) is 5.91 Å². The molecule has 128 valence electrons. The lowest BCUT2D eigenvalue weighted by Gasteiger charge is -2.27. The van der Waals surface area contributed by atoms with E-state index in [4.69, 9.17) is 4.74 Å². The van der Waals surface area contributed by atoms with E-state index in [9.17, 15) is 4.79 Å². The first-order valence-electron chi connectivity index (χ1n) is 8.74. The Balaban J connectivity index is 1.48. The van der Waals surface area contributed by atoms with Crippen LogP contribution in [0.3, 0.4) is 0 Å². The first-order valence-corrected chi connectivity index (χ1v) is 8.74. The highest BCUT2D eigenvalue weighted by Gasteiger charge is 2.23. The van der Waals surface area contributed by atoms with E-state index in [1.54, 1.807) is 7.11 Å². The average molecular weight is 334 g/mol. The standard InChI is InChI=1S/C21H22N2O2/c1-25-16-8-9-19-18(13-16)17-11-12-23(14-20(17)22-19)21(24)10-7-15-5-3-2-4-6-15/h2-6,8-9,13,22H,7,10-12,14H2,1H3. The number of carbonyl (C=O) groups excluding carboxylic acids is 1. The molecule has 1 amide bonds. The van der Waals surface area contributed by atoms with Crippen LogP contribution in [-0.4, -0.2) is 29.4 Å². The van der Waals surface area contributed by atoms with Crippen molar-refractivity contribution in [2.24, 2.45) is 0 Å². The van der Waals surface area contributed by atoms with Gasteiger partial charge in [-0.1, -0.05) is 30.3 Å². The Labute approximate surface area is 147 Å². The van der Waals surface area contributed by atoms with E-state index >= 15 is 0 Å². The van der Waals surface area contributed by atoms with E-state index in [2.05, 4.69) is 23.2 Å². The SMILES string of the molecule is COc1ccc2[nH]c3c(c2c1)CCN(C(=O)CCc1ccccc1)C3. The number of aryl methyl sites for hydroxylation is 1. The minimum absolute atomic E-state index is 0.228. The number of ether oxygens (including phenoxy) is 1. The van der Waals surface area contributed by atoms with Crippen LogP contribution in [0.1, 0.15) is 23.2 Å². The second kappa shape index (κ2) is 6.63. The highest BCUT2D eigenvalue weighted by atomic mass is 16.5. The molecule has 2 heterocycles. The first-order chi connectivity index (χ1) is 12.2. The zero-order valence-electron chi connectivity index (χ0n) is 14.4. The van der Waals surface area contributed by atoms with Gasteiger partial charge in [0.2, 0.25) is 5.91 Å². The van der Waals surface area contributed by atoms with Crippen molar-refractivity contribution in [3.05, 3.63) is 65.4 Å². The monoisotopic (exact) mass is 334 g/mol. The summed E-state index contributed by atoms with van der Waals surface area (Å²) in [5, 5.41) is 1.21. The normalized spacial score (nSPS) is 13.7. The number of nitrogens with one attached hydrogen (secondary N) is 1. The fourth-order valence-electron chi connectivity index (χ4n) is 3.61. The highest BCUT2D eigenvalue weighted by Crippen LogP contribution is 2.30. The molecule has 0 atom stereocenters. The van der Waals surface area contributed by atoms with E-state index in [1.807, 2.05) is 35.2 Å². The van der Waals surface area contributed by atoms with Gasteiger partial charge in [-0.25, -0.2) is 0 Å². The number of hydrogen-bond donors (Lipinski definition) is 1. The molecule has 1 aliphatic heterocycles. The number of aromatic amines is 1. The maximum absolute atomic E-state index is 12.6. The van der Waals surface area contributed by atoms with Crippen molar-refractivity contribution in [1.82, 2.24) is 9.88 Å². The number of nitrogens with zero attached hydrogens (tertiary/aromatic N) is 1. The van der Waals surface area contributed by atoms with Crippen molar-refractivity contribution in [2.45, 2.75) is 25.8 Å². The maximum atomic E-state index is 12.6. The maximum Gasteiger partial charge on any atom is 0.223 e. The van der Waals surface area contributed by atoms with Crippen LogP contribution in [-0.2, 0) is 24.2 Å². The lowest BCUT2D eigenvalue weighted by Crippen LogP contribution is -2.36. The van der Waals surface area contributed by atoms with Gasteiger partial charge in [0.05, 0.1) is 13.7 Å². The molecule has 1 aliphatic rings. The minimum atomic E-state index is 0.228. The Morgan fingerprint density at radius 1 is 1.20 bits per heavy atom. The van der Waals surface area contributed by atoms with Crippen LogP contribution in [0.5, 0.6) is 5.75 Å². The van der Waals surface area contributed by atoms with Gasteiger partial charge in [-0.05, 0) is 42.2 Å². The van der Waals surface area contributed by atoms with Crippen molar-refractivity contribution in [2.75, 3.05) is 13.7 Å². The Hall–Kier alpha value is -2.75. The van der Waals surface area contributed by atoms with Crippen LogP contribution in [0.25, 0.3) is 10.9 Å². The molecule has 25 heavy (non-hydrogen) atoms. The predicted molar refractivity (Wildman–Crippen MR) is 98.7 cm³/mol. The number of aromatic nitrogens is 1. The zero-order valence-corrected chi connectivity index (χ0v) is 14.4. The van der Waals surface area contributed by atoms with E-state index in [0.29, 0.717) is 13.0 Å². The molecular weight excluding hydrogens is 312 g/mol. The van der Waals surface area contributed by atoms with Gasteiger partial charge in [0.15, 0.2) is 0 Å². The molecule has 1 N–H and O–H groups in total. The molecule has 2 aromatic carbocycles. The summed E-state index contributed by atoms with van der Waals surface area (Å²) >= 11 is 0. The number of methoxy groups -OCH3 is 1. The molecule has 0 spiro atoms. The molecule has 1 aromatic heterocycles. The molecule has 0 saturated heterocycles. The molecule has 4 nitrogen and oxygen atoms in total. The number of H-pyrrole nitrogens is 1. The summed E-state index contributed by atoms with van der Waals surface area (Å²) in [5.74, 6) is 1.10. The van der Waals surface area contributed by atoms with Crippen molar-refractivity contribution in [1.29, 1.82) is 0 Å². The van der Waals surface area contributed by atoms with E-state index in [0.717, 1.165) is 36.3 Å². The van der Waals surface area contributed by atoms with Crippen LogP contribution >= 0.6 is 0 Å². The quantitative estimate of drug-likeness (QED) is 0.791. The van der Waals surface area contributed by atoms with Crippen molar-refractivity contribution in [3.8, 4) is 5.75 Å². The second-order valence-electron chi connectivity index (χ2n) is 6.54. The molecule has 0 saturated carbocycles. The fraction of sp³-hybridized carbons (Fsp3) is 0.286. The van der Waals surface area contributed by atoms with Gasteiger partial charge in [-0.15, -0.1) is 0 Å². The first kappa shape index (κ1) is 15.8. The topological polar surface area (TPSA) is 45.3 Å². The van der Waals surface area contributed by atoms with Gasteiger partial charge in [-0.3, -0.25) is 4.79 Å². The second-order valence-corrected chi connectivity index (χ2v) is 6.54. The lowest BCUT2D eigenvalue weighted by atomic mass is 10.0. The lowest BCUT2D eigenvalue weighted by molar-refractivity contribution is -0.132. The van der Waals surface area contributed by atoms with Gasteiger partial charge in [0.25, 0.3) is 0 Å². The van der Waals surface area contributed by atoms with Gasteiger partial charge in [0.1, 0.15) is 5.75 Å². The summed E-state index contributed by atoms with van der Waals surface area (Å²) in [6, 6.07) is 16.3. The molecule has 0 fully saturated rings. The number of amides is 1. The van der Waals surface area contributed by atoms with E-state index in [1.165, 1.54) is 16.5 Å². The van der Waals surface area contributed by atoms with Gasteiger partial charge < -0.3 is 14.6 Å². The summed E-state index contributed by atoms with van der Waals surface area (Å²) in [6.45, 7) is 1.45. The van der Waals surface area contributed by atoms with Crippen molar-refractivity contribution >= 4 is 16.8 Å². The molecule has 0 aliphatic carbocycles. The number of benzene rings is 2. The van der Waals surface area contributed by atoms with Crippen LogP contribution in [0.15, 0.2) is 48.5 Å². The largest absolute Gasteiger partial charge is 0.497 e. The third-order valence-electron chi connectivity index (χ3n) is 5.01. The molecule has 0 unspecified atom stereocenters. The molecule has 3 aromatic rings. The third-order valence-corrected chi connectivity index (χ3v) is 5.01. The van der Waals surface area contributed by atoms with E-state index < -0.39 is 0 Å². The smallest absolute Gasteiger partial charge is 0.223 e. The van der Waals surface area contributed by atoms with Gasteiger partial charge in [-0.2, -0.15) is 0 Å². The average Bonchev–Trinajstić information content (AvgIpc) is 3.03. The summed E-state index contributed by atoms with van der Waals surface area (Å²) in [4.78, 5) is 18.0. The Morgan fingerprint density at radius 2 is 2.04 bits per heavy atom. The van der Waals surface area contributed by atoms with Crippen LogP contribution < -0.4 is 4.74 Å². The third kappa shape index (κ3) is 3.12. The van der Waals surface area contributed by atoms with Crippen molar-refractivity contribution in [3.63, 3.8) is 0 Å². The Morgan fingerprint density at radius 3 is 2.84 bits per heavy atom.